The predicted molar refractivity (Wildman–Crippen MR) is 63.8 cm³/mol. The van der Waals surface area contributed by atoms with Crippen LogP contribution in [0.4, 0.5) is 10.5 Å². The average Bonchev–Trinajstić information content (AvgIpc) is 2.37. The van der Waals surface area contributed by atoms with Crippen LogP contribution in [0.2, 0.25) is 0 Å². The van der Waals surface area contributed by atoms with Gasteiger partial charge >= 0.3 is 6.09 Å². The standard InChI is InChI=1S/C12H15NO4/c1-4-8-5-9(16-2)6-11(10(8)7-14)13-12(15)17-3/h5-7H,4H2,1-3H3,(H,13,15). The highest BCUT2D eigenvalue weighted by Gasteiger charge is 2.12. The summed E-state index contributed by atoms with van der Waals surface area (Å²) in [5.74, 6) is 0.582. The normalized spacial score (nSPS) is 9.59. The van der Waals surface area contributed by atoms with Crippen LogP contribution in [0.15, 0.2) is 12.1 Å². The zero-order chi connectivity index (χ0) is 12.8. The van der Waals surface area contributed by atoms with Gasteiger partial charge in [0, 0.05) is 11.6 Å². The monoisotopic (exact) mass is 237 g/mol. The number of anilines is 1. The molecule has 5 nitrogen and oxygen atoms in total. The Bertz CT molecular complexity index is 429. The van der Waals surface area contributed by atoms with Crippen molar-refractivity contribution in [2.45, 2.75) is 13.3 Å². The van der Waals surface area contributed by atoms with Gasteiger partial charge in [-0.2, -0.15) is 0 Å². The van der Waals surface area contributed by atoms with Crippen LogP contribution < -0.4 is 10.1 Å². The number of aryl methyl sites for hydroxylation is 1. The van der Waals surface area contributed by atoms with Crippen molar-refractivity contribution in [3.05, 3.63) is 23.3 Å². The number of hydrogen-bond donors (Lipinski definition) is 1. The van der Waals surface area contributed by atoms with Gasteiger partial charge < -0.3 is 9.47 Å². The van der Waals surface area contributed by atoms with E-state index in [0.29, 0.717) is 29.7 Å². The number of nitrogens with one attached hydrogen (secondary N) is 1. The van der Waals surface area contributed by atoms with Crippen molar-refractivity contribution >= 4 is 18.1 Å². The molecule has 0 saturated heterocycles. The Morgan fingerprint density at radius 2 is 2.12 bits per heavy atom. The smallest absolute Gasteiger partial charge is 0.411 e. The van der Waals surface area contributed by atoms with Gasteiger partial charge in [-0.15, -0.1) is 0 Å². The maximum absolute atomic E-state index is 11.2. The molecular formula is C12H15NO4. The Morgan fingerprint density at radius 3 is 2.59 bits per heavy atom. The molecule has 0 saturated carbocycles. The molecule has 92 valence electrons. The van der Waals surface area contributed by atoms with E-state index in [9.17, 15) is 9.59 Å². The van der Waals surface area contributed by atoms with Crippen LogP contribution in [0, 0.1) is 0 Å². The predicted octanol–water partition coefficient (Wildman–Crippen LogP) is 2.25. The molecule has 5 heteroatoms. The minimum atomic E-state index is -0.622. The number of ether oxygens (including phenoxy) is 2. The van der Waals surface area contributed by atoms with E-state index in [-0.39, 0.29) is 0 Å². The molecule has 0 aliphatic heterocycles. The van der Waals surface area contributed by atoms with Gasteiger partial charge in [0.05, 0.1) is 19.9 Å². The first-order valence-corrected chi connectivity index (χ1v) is 5.17. The lowest BCUT2D eigenvalue weighted by atomic mass is 10.0. The highest BCUT2D eigenvalue weighted by Crippen LogP contribution is 2.26. The highest BCUT2D eigenvalue weighted by atomic mass is 16.5. The van der Waals surface area contributed by atoms with E-state index in [1.54, 1.807) is 12.1 Å². The van der Waals surface area contributed by atoms with Crippen LogP contribution in [-0.2, 0) is 11.2 Å². The molecule has 1 amide bonds. The number of hydrogen-bond acceptors (Lipinski definition) is 4. The van der Waals surface area contributed by atoms with Crippen LogP contribution in [0.5, 0.6) is 5.75 Å². The van der Waals surface area contributed by atoms with Crippen LogP contribution in [-0.4, -0.2) is 26.6 Å². The largest absolute Gasteiger partial charge is 0.497 e. The van der Waals surface area contributed by atoms with Crippen LogP contribution in [0.3, 0.4) is 0 Å². The van der Waals surface area contributed by atoms with Crippen molar-refractivity contribution in [3.8, 4) is 5.75 Å². The summed E-state index contributed by atoms with van der Waals surface area (Å²) >= 11 is 0. The molecule has 0 aliphatic carbocycles. The summed E-state index contributed by atoms with van der Waals surface area (Å²) in [6.45, 7) is 1.92. The maximum Gasteiger partial charge on any atom is 0.411 e. The summed E-state index contributed by atoms with van der Waals surface area (Å²) in [6, 6.07) is 3.35. The molecule has 1 N–H and O–H groups in total. The minimum absolute atomic E-state index is 0.392. The van der Waals surface area contributed by atoms with Crippen molar-refractivity contribution in [2.24, 2.45) is 0 Å². The molecule has 0 atom stereocenters. The van der Waals surface area contributed by atoms with Gasteiger partial charge in [0.1, 0.15) is 5.75 Å². The summed E-state index contributed by atoms with van der Waals surface area (Å²) in [5.41, 5.74) is 1.65. The van der Waals surface area contributed by atoms with Gasteiger partial charge in [0.25, 0.3) is 0 Å². The van der Waals surface area contributed by atoms with Gasteiger partial charge in [0.2, 0.25) is 0 Å². The third-order valence-corrected chi connectivity index (χ3v) is 2.40. The van der Waals surface area contributed by atoms with Crippen LogP contribution >= 0.6 is 0 Å². The topological polar surface area (TPSA) is 64.6 Å². The van der Waals surface area contributed by atoms with Crippen LogP contribution in [0.1, 0.15) is 22.8 Å². The van der Waals surface area contributed by atoms with E-state index in [1.165, 1.54) is 14.2 Å². The molecule has 1 aromatic carbocycles. The average molecular weight is 237 g/mol. The molecule has 17 heavy (non-hydrogen) atoms. The molecule has 0 radical (unpaired) electrons. The summed E-state index contributed by atoms with van der Waals surface area (Å²) in [5, 5.41) is 2.49. The fraction of sp³-hybridized carbons (Fsp3) is 0.333. The third kappa shape index (κ3) is 2.96. The van der Waals surface area contributed by atoms with Crippen molar-refractivity contribution in [1.29, 1.82) is 0 Å². The lowest BCUT2D eigenvalue weighted by molar-refractivity contribution is 0.112. The van der Waals surface area contributed by atoms with E-state index in [1.807, 2.05) is 6.92 Å². The second kappa shape index (κ2) is 5.89. The van der Waals surface area contributed by atoms with E-state index in [0.717, 1.165) is 5.56 Å². The number of aldehydes is 1. The first-order chi connectivity index (χ1) is 8.15. The molecule has 0 fully saturated rings. The molecule has 0 aromatic heterocycles. The van der Waals surface area contributed by atoms with Gasteiger partial charge in [-0.1, -0.05) is 6.92 Å². The first kappa shape index (κ1) is 13.0. The molecule has 0 spiro atoms. The van der Waals surface area contributed by atoms with Crippen molar-refractivity contribution < 1.29 is 19.1 Å². The first-order valence-electron chi connectivity index (χ1n) is 5.17. The van der Waals surface area contributed by atoms with Gasteiger partial charge in [-0.05, 0) is 18.1 Å². The zero-order valence-corrected chi connectivity index (χ0v) is 10.1. The fourth-order valence-corrected chi connectivity index (χ4v) is 1.50. The molecular weight excluding hydrogens is 222 g/mol. The second-order valence-corrected chi connectivity index (χ2v) is 3.34. The Labute approximate surface area is 99.7 Å². The number of carbonyl (C=O) groups excluding carboxylic acids is 2. The SMILES string of the molecule is CCc1cc(OC)cc(NC(=O)OC)c1C=O. The molecule has 1 rings (SSSR count). The molecule has 0 unspecified atom stereocenters. The number of methoxy groups -OCH3 is 2. The zero-order valence-electron chi connectivity index (χ0n) is 10.1. The quantitative estimate of drug-likeness (QED) is 0.816. The van der Waals surface area contributed by atoms with E-state index in [2.05, 4.69) is 10.1 Å². The lowest BCUT2D eigenvalue weighted by Gasteiger charge is -2.12. The summed E-state index contributed by atoms with van der Waals surface area (Å²) < 4.78 is 9.60. The van der Waals surface area contributed by atoms with E-state index >= 15 is 0 Å². The molecule has 0 bridgehead atoms. The van der Waals surface area contributed by atoms with Crippen molar-refractivity contribution in [1.82, 2.24) is 0 Å². The molecule has 0 heterocycles. The number of carbonyl (C=O) groups is 2. The molecule has 0 aliphatic rings. The summed E-state index contributed by atoms with van der Waals surface area (Å²) in [7, 11) is 2.79. The summed E-state index contributed by atoms with van der Waals surface area (Å²) in [4.78, 5) is 22.2. The van der Waals surface area contributed by atoms with Crippen LogP contribution in [0.25, 0.3) is 0 Å². The lowest BCUT2D eigenvalue weighted by Crippen LogP contribution is -2.13. The fourth-order valence-electron chi connectivity index (χ4n) is 1.50. The second-order valence-electron chi connectivity index (χ2n) is 3.34. The highest BCUT2D eigenvalue weighted by molar-refractivity contribution is 5.94. The van der Waals surface area contributed by atoms with E-state index in [4.69, 9.17) is 4.74 Å². The number of rotatable bonds is 4. The Kier molecular flexibility index (Phi) is 4.51. The van der Waals surface area contributed by atoms with E-state index < -0.39 is 6.09 Å². The Morgan fingerprint density at radius 1 is 1.41 bits per heavy atom. The molecule has 1 aromatic rings. The van der Waals surface area contributed by atoms with Gasteiger partial charge in [0.15, 0.2) is 6.29 Å². The number of benzene rings is 1. The Hall–Kier alpha value is -2.04. The summed E-state index contributed by atoms with van der Waals surface area (Å²) in [6.07, 6.45) is 0.758. The number of amides is 1. The van der Waals surface area contributed by atoms with Crippen molar-refractivity contribution in [3.63, 3.8) is 0 Å². The van der Waals surface area contributed by atoms with Gasteiger partial charge in [-0.25, -0.2) is 4.79 Å². The third-order valence-electron chi connectivity index (χ3n) is 2.40. The van der Waals surface area contributed by atoms with Crippen molar-refractivity contribution in [2.75, 3.05) is 19.5 Å². The minimum Gasteiger partial charge on any atom is -0.497 e. The maximum atomic E-state index is 11.2. The Balaban J connectivity index is 3.23. The van der Waals surface area contributed by atoms with Gasteiger partial charge in [-0.3, -0.25) is 10.1 Å².